The highest BCUT2D eigenvalue weighted by Gasteiger charge is 2.23. The molecule has 50 heavy (non-hydrogen) atoms. The van der Waals surface area contributed by atoms with Crippen molar-refractivity contribution >= 4 is 49.3 Å². The second-order valence-corrected chi connectivity index (χ2v) is 12.2. The van der Waals surface area contributed by atoms with E-state index < -0.39 is 0 Å². The molecule has 2 heterocycles. The van der Waals surface area contributed by atoms with Crippen LogP contribution in [-0.2, 0) is 0 Å². The Morgan fingerprint density at radius 1 is 0.460 bits per heavy atom. The van der Waals surface area contributed by atoms with Crippen molar-refractivity contribution in [2.24, 2.45) is 0 Å². The molecule has 0 saturated heterocycles. The number of para-hydroxylation sites is 4. The first-order valence-corrected chi connectivity index (χ1v) is 16.3. The minimum absolute atomic E-state index is 0.402. The zero-order valence-corrected chi connectivity index (χ0v) is 26.7. The van der Waals surface area contributed by atoms with Gasteiger partial charge in [-0.1, -0.05) is 103 Å². The van der Waals surface area contributed by atoms with Crippen molar-refractivity contribution in [2.75, 3.05) is 0 Å². The Labute approximate surface area is 288 Å². The molecule has 0 amide bonds. The highest BCUT2D eigenvalue weighted by Crippen LogP contribution is 2.45. The zero-order valence-electron chi connectivity index (χ0n) is 26.7. The molecule has 5 nitrogen and oxygen atoms in total. The number of nitrogens with zero attached hydrogens (tertiary/aromatic N) is 5. The summed E-state index contributed by atoms with van der Waals surface area (Å²) in [6, 6.07) is 55.4. The van der Waals surface area contributed by atoms with Crippen LogP contribution in [0.1, 0.15) is 11.1 Å². The number of aromatic nitrogens is 2. The van der Waals surface area contributed by atoms with Gasteiger partial charge in [0.2, 0.25) is 0 Å². The maximum atomic E-state index is 11.0. The Bertz CT molecular complexity index is 2920. The summed E-state index contributed by atoms with van der Waals surface area (Å²) in [5.74, 6) is 0. The number of nitriles is 2. The summed E-state index contributed by atoms with van der Waals surface area (Å²) in [5.41, 5.74) is 10.4. The molecule has 0 N–H and O–H groups in total. The van der Waals surface area contributed by atoms with E-state index in [1.54, 1.807) is 6.07 Å². The van der Waals surface area contributed by atoms with E-state index in [-0.39, 0.29) is 0 Å². The largest absolute Gasteiger partial charge is 0.309 e. The van der Waals surface area contributed by atoms with Gasteiger partial charge in [0, 0.05) is 32.7 Å². The molecule has 0 aliphatic heterocycles. The van der Waals surface area contributed by atoms with Crippen molar-refractivity contribution < 1.29 is 0 Å². The Balaban J connectivity index is 1.34. The van der Waals surface area contributed by atoms with Crippen LogP contribution in [0.2, 0.25) is 0 Å². The van der Waals surface area contributed by atoms with Gasteiger partial charge >= 0.3 is 0 Å². The van der Waals surface area contributed by atoms with E-state index in [1.165, 1.54) is 10.8 Å². The standard InChI is InChI=1S/C45H25N5/c1-48-38-23-25-44(50-42-21-11-7-16-34(42)36-26-29(27-46)22-24-43(36)50)37(28-47)45(38)35-17-3-2-12-30(35)31-13-4-8-18-39(31)49-40-19-9-5-14-32(40)33-15-6-10-20-41(33)49/h2-26H. The molecule has 0 spiro atoms. The van der Waals surface area contributed by atoms with E-state index in [0.29, 0.717) is 28.1 Å². The molecular weight excluding hydrogens is 611 g/mol. The summed E-state index contributed by atoms with van der Waals surface area (Å²) in [6.07, 6.45) is 0. The summed E-state index contributed by atoms with van der Waals surface area (Å²) < 4.78 is 4.39. The molecule has 0 atom stereocenters. The van der Waals surface area contributed by atoms with Crippen molar-refractivity contribution in [1.29, 1.82) is 10.5 Å². The minimum atomic E-state index is 0.402. The number of benzene rings is 7. The fourth-order valence-electron chi connectivity index (χ4n) is 7.56. The SMILES string of the molecule is [C-]#[N+]c1ccc(-n2c3ccccc3c3cc(C#N)ccc32)c(C#N)c1-c1ccccc1-c1ccccc1-n1c2ccccc2c2ccccc21. The predicted molar refractivity (Wildman–Crippen MR) is 202 cm³/mol. The summed E-state index contributed by atoms with van der Waals surface area (Å²) >= 11 is 0. The lowest BCUT2D eigenvalue weighted by Crippen LogP contribution is -2.01. The van der Waals surface area contributed by atoms with Gasteiger partial charge in [0.1, 0.15) is 6.07 Å². The molecule has 0 bridgehead atoms. The Hall–Kier alpha value is -7.39. The highest BCUT2D eigenvalue weighted by atomic mass is 15.0. The number of rotatable bonds is 4. The number of hydrogen-bond donors (Lipinski definition) is 0. The second-order valence-electron chi connectivity index (χ2n) is 12.2. The summed E-state index contributed by atoms with van der Waals surface area (Å²) in [7, 11) is 0. The van der Waals surface area contributed by atoms with Gasteiger partial charge < -0.3 is 9.13 Å². The monoisotopic (exact) mass is 635 g/mol. The molecule has 0 aliphatic carbocycles. The average Bonchev–Trinajstić information content (AvgIpc) is 3.69. The Morgan fingerprint density at radius 3 is 1.60 bits per heavy atom. The maximum absolute atomic E-state index is 11.0. The van der Waals surface area contributed by atoms with Gasteiger partial charge in [0.25, 0.3) is 0 Å². The van der Waals surface area contributed by atoms with Crippen LogP contribution in [-0.4, -0.2) is 9.13 Å². The molecule has 0 fully saturated rings. The minimum Gasteiger partial charge on any atom is -0.309 e. The Kier molecular flexibility index (Phi) is 6.56. The third-order valence-electron chi connectivity index (χ3n) is 9.65. The van der Waals surface area contributed by atoms with Gasteiger partial charge in [-0.25, -0.2) is 4.85 Å². The molecule has 0 unspecified atom stereocenters. The average molecular weight is 636 g/mol. The summed E-state index contributed by atoms with van der Waals surface area (Å²) in [4.78, 5) is 3.96. The first kappa shape index (κ1) is 28.8. The van der Waals surface area contributed by atoms with Gasteiger partial charge in [-0.15, -0.1) is 0 Å². The van der Waals surface area contributed by atoms with E-state index in [2.05, 4.69) is 98.9 Å². The normalized spacial score (nSPS) is 11.1. The molecular formula is C45H25N5. The third-order valence-corrected chi connectivity index (χ3v) is 9.65. The van der Waals surface area contributed by atoms with E-state index >= 15 is 0 Å². The topological polar surface area (TPSA) is 61.8 Å². The lowest BCUT2D eigenvalue weighted by Gasteiger charge is -2.20. The molecule has 2 aromatic heterocycles. The van der Waals surface area contributed by atoms with Crippen LogP contribution in [0.4, 0.5) is 5.69 Å². The predicted octanol–water partition coefficient (Wildman–Crippen LogP) is 11.5. The van der Waals surface area contributed by atoms with Crippen LogP contribution in [0.5, 0.6) is 0 Å². The number of fused-ring (bicyclic) bond motifs is 6. The molecule has 230 valence electrons. The summed E-state index contributed by atoms with van der Waals surface area (Å²) in [5, 5.41) is 24.9. The maximum Gasteiger partial charge on any atom is 0.196 e. The quantitative estimate of drug-likeness (QED) is 0.181. The molecule has 0 aliphatic rings. The van der Waals surface area contributed by atoms with Gasteiger partial charge in [0.15, 0.2) is 5.69 Å². The fraction of sp³-hybridized carbons (Fsp3) is 0. The van der Waals surface area contributed by atoms with Crippen LogP contribution in [0.3, 0.4) is 0 Å². The van der Waals surface area contributed by atoms with Crippen LogP contribution in [0, 0.1) is 29.2 Å². The van der Waals surface area contributed by atoms with Crippen LogP contribution >= 0.6 is 0 Å². The van der Waals surface area contributed by atoms with E-state index in [0.717, 1.165) is 55.2 Å². The number of hydrogen-bond acceptors (Lipinski definition) is 2. The van der Waals surface area contributed by atoms with Crippen molar-refractivity contribution in [2.45, 2.75) is 0 Å². The molecule has 0 saturated carbocycles. The molecule has 9 rings (SSSR count). The fourth-order valence-corrected chi connectivity index (χ4v) is 7.56. The van der Waals surface area contributed by atoms with Crippen LogP contribution < -0.4 is 0 Å². The third kappa shape index (κ3) is 4.17. The van der Waals surface area contributed by atoms with Crippen LogP contribution in [0.25, 0.3) is 82.1 Å². The lowest BCUT2D eigenvalue weighted by molar-refractivity contribution is 1.17. The molecule has 0 radical (unpaired) electrons. The van der Waals surface area contributed by atoms with Crippen molar-refractivity contribution in [3.8, 4) is 45.8 Å². The van der Waals surface area contributed by atoms with Gasteiger partial charge in [-0.05, 0) is 59.7 Å². The smallest absolute Gasteiger partial charge is 0.196 e. The first-order valence-electron chi connectivity index (χ1n) is 16.3. The highest BCUT2D eigenvalue weighted by molar-refractivity contribution is 6.11. The van der Waals surface area contributed by atoms with Gasteiger partial charge in [-0.2, -0.15) is 10.5 Å². The molecule has 5 heteroatoms. The van der Waals surface area contributed by atoms with Crippen molar-refractivity contribution in [1.82, 2.24) is 9.13 Å². The van der Waals surface area contributed by atoms with E-state index in [1.807, 2.05) is 72.8 Å². The van der Waals surface area contributed by atoms with E-state index in [4.69, 9.17) is 6.57 Å². The Morgan fingerprint density at radius 2 is 0.980 bits per heavy atom. The van der Waals surface area contributed by atoms with Crippen LogP contribution in [0.15, 0.2) is 152 Å². The van der Waals surface area contributed by atoms with Gasteiger partial charge in [-0.3, -0.25) is 0 Å². The zero-order chi connectivity index (χ0) is 33.8. The van der Waals surface area contributed by atoms with Crippen molar-refractivity contribution in [3.05, 3.63) is 174 Å². The first-order chi connectivity index (χ1) is 24.7. The van der Waals surface area contributed by atoms with Gasteiger partial charge in [0.05, 0.1) is 57.2 Å². The summed E-state index contributed by atoms with van der Waals surface area (Å²) in [6.45, 7) is 8.24. The van der Waals surface area contributed by atoms with Crippen molar-refractivity contribution in [3.63, 3.8) is 0 Å². The van der Waals surface area contributed by atoms with E-state index in [9.17, 15) is 10.5 Å². The molecule has 7 aromatic carbocycles. The second kappa shape index (κ2) is 11.4. The molecule has 9 aromatic rings. The lowest BCUT2D eigenvalue weighted by atomic mass is 9.89.